The highest BCUT2D eigenvalue weighted by molar-refractivity contribution is 5.16. The predicted molar refractivity (Wildman–Crippen MR) is 69.3 cm³/mol. The first-order chi connectivity index (χ1) is 8.30. The molecule has 2 nitrogen and oxygen atoms in total. The highest BCUT2D eigenvalue weighted by atomic mass is 16.5. The Labute approximate surface area is 104 Å². The first kappa shape index (κ1) is 12.3. The quantitative estimate of drug-likeness (QED) is 0.515. The fraction of sp³-hybridized carbons (Fsp3) is 0.600. The lowest BCUT2D eigenvalue weighted by Gasteiger charge is -2.34. The molecule has 2 unspecified atom stereocenters. The summed E-state index contributed by atoms with van der Waals surface area (Å²) in [5.74, 6) is 1.37. The van der Waals surface area contributed by atoms with E-state index in [1.807, 2.05) is 26.0 Å². The van der Waals surface area contributed by atoms with Crippen molar-refractivity contribution >= 4 is 0 Å². The van der Waals surface area contributed by atoms with E-state index in [0.29, 0.717) is 5.92 Å². The van der Waals surface area contributed by atoms with Crippen molar-refractivity contribution in [1.29, 1.82) is 0 Å². The van der Waals surface area contributed by atoms with Crippen LogP contribution in [0.2, 0.25) is 0 Å². The van der Waals surface area contributed by atoms with Gasteiger partial charge < -0.3 is 9.47 Å². The van der Waals surface area contributed by atoms with Gasteiger partial charge in [0, 0.05) is 5.41 Å². The second kappa shape index (κ2) is 5.44. The third-order valence-corrected chi connectivity index (χ3v) is 3.83. The summed E-state index contributed by atoms with van der Waals surface area (Å²) in [4.78, 5) is 0. The Morgan fingerprint density at radius 1 is 1.12 bits per heavy atom. The van der Waals surface area contributed by atoms with E-state index in [0.717, 1.165) is 19.1 Å². The Balaban J connectivity index is 1.99. The van der Waals surface area contributed by atoms with E-state index in [1.165, 1.54) is 12.8 Å². The highest BCUT2D eigenvalue weighted by Gasteiger charge is 2.49. The van der Waals surface area contributed by atoms with Crippen LogP contribution in [-0.4, -0.2) is 13.2 Å². The molecule has 0 spiro atoms. The van der Waals surface area contributed by atoms with Gasteiger partial charge in [-0.05, 0) is 38.5 Å². The first-order valence-corrected chi connectivity index (χ1v) is 6.44. The number of hydrogen-bond acceptors (Lipinski definition) is 2. The minimum Gasteiger partial charge on any atom is -0.501 e. The molecular formula is C15H22O2. The smallest absolute Gasteiger partial charge is 0.0967 e. The van der Waals surface area contributed by atoms with Crippen LogP contribution in [0.3, 0.4) is 0 Å². The van der Waals surface area contributed by atoms with Gasteiger partial charge in [-0.25, -0.2) is 0 Å². The molecule has 0 N–H and O–H groups in total. The lowest BCUT2D eigenvalue weighted by atomic mass is 9.77. The van der Waals surface area contributed by atoms with Crippen LogP contribution in [0.15, 0.2) is 36.8 Å². The van der Waals surface area contributed by atoms with Crippen molar-refractivity contribution in [3.8, 4) is 0 Å². The maximum atomic E-state index is 5.63. The maximum Gasteiger partial charge on any atom is 0.0967 e. The van der Waals surface area contributed by atoms with E-state index in [1.54, 1.807) is 12.5 Å². The Morgan fingerprint density at radius 2 is 1.76 bits per heavy atom. The summed E-state index contributed by atoms with van der Waals surface area (Å²) in [5, 5.41) is 0. The van der Waals surface area contributed by atoms with Crippen LogP contribution in [0.1, 0.15) is 26.7 Å². The van der Waals surface area contributed by atoms with Crippen LogP contribution in [0.25, 0.3) is 0 Å². The number of rotatable bonds is 6. The highest BCUT2D eigenvalue weighted by Crippen LogP contribution is 2.52. The van der Waals surface area contributed by atoms with Gasteiger partial charge in [0.15, 0.2) is 0 Å². The molecule has 94 valence electrons. The van der Waals surface area contributed by atoms with Gasteiger partial charge in [0.2, 0.25) is 0 Å². The molecular weight excluding hydrogens is 212 g/mol. The van der Waals surface area contributed by atoms with Crippen molar-refractivity contribution in [2.75, 3.05) is 13.2 Å². The van der Waals surface area contributed by atoms with Crippen molar-refractivity contribution in [3.05, 3.63) is 36.8 Å². The van der Waals surface area contributed by atoms with E-state index in [9.17, 15) is 0 Å². The molecule has 0 heterocycles. The zero-order valence-corrected chi connectivity index (χ0v) is 10.8. The Hall–Kier alpha value is -1.18. The molecule has 0 radical (unpaired) electrons. The molecule has 2 aliphatic rings. The maximum absolute atomic E-state index is 5.63. The molecule has 2 heteroatoms. The Kier molecular flexibility index (Phi) is 3.93. The molecule has 0 saturated heterocycles. The average molecular weight is 234 g/mol. The fourth-order valence-corrected chi connectivity index (χ4v) is 3.05. The number of ether oxygens (including phenoxy) is 2. The van der Waals surface area contributed by atoms with Crippen molar-refractivity contribution in [1.82, 2.24) is 0 Å². The SMILES string of the molecule is CC=COCC1(COC=CC)CC2C=CC1C2. The van der Waals surface area contributed by atoms with Crippen molar-refractivity contribution in [3.63, 3.8) is 0 Å². The van der Waals surface area contributed by atoms with Gasteiger partial charge in [-0.2, -0.15) is 0 Å². The third-order valence-electron chi connectivity index (χ3n) is 3.83. The van der Waals surface area contributed by atoms with Gasteiger partial charge in [0.05, 0.1) is 25.7 Å². The molecule has 2 rings (SSSR count). The summed E-state index contributed by atoms with van der Waals surface area (Å²) < 4.78 is 11.3. The molecule has 1 saturated carbocycles. The third kappa shape index (κ3) is 2.56. The summed E-state index contributed by atoms with van der Waals surface area (Å²) >= 11 is 0. The summed E-state index contributed by atoms with van der Waals surface area (Å²) in [5.41, 5.74) is 0.179. The fourth-order valence-electron chi connectivity index (χ4n) is 3.05. The second-order valence-corrected chi connectivity index (χ2v) is 5.11. The Bertz CT molecular complexity index is 312. The normalized spacial score (nSPS) is 35.2. The molecule has 2 bridgehead atoms. The van der Waals surface area contributed by atoms with Crippen molar-refractivity contribution in [2.24, 2.45) is 17.3 Å². The average Bonchev–Trinajstić information content (AvgIpc) is 2.90. The number of allylic oxidation sites excluding steroid dienone is 4. The minimum atomic E-state index is 0.179. The van der Waals surface area contributed by atoms with Crippen LogP contribution >= 0.6 is 0 Å². The minimum absolute atomic E-state index is 0.179. The van der Waals surface area contributed by atoms with Crippen molar-refractivity contribution < 1.29 is 9.47 Å². The van der Waals surface area contributed by atoms with Crippen LogP contribution < -0.4 is 0 Å². The van der Waals surface area contributed by atoms with E-state index >= 15 is 0 Å². The predicted octanol–water partition coefficient (Wildman–Crippen LogP) is 3.67. The van der Waals surface area contributed by atoms with Gasteiger partial charge in [0.1, 0.15) is 0 Å². The van der Waals surface area contributed by atoms with Gasteiger partial charge in [-0.3, -0.25) is 0 Å². The van der Waals surface area contributed by atoms with Crippen LogP contribution in [0.5, 0.6) is 0 Å². The van der Waals surface area contributed by atoms with Crippen LogP contribution in [-0.2, 0) is 9.47 Å². The van der Waals surface area contributed by atoms with Gasteiger partial charge in [0.25, 0.3) is 0 Å². The molecule has 2 atom stereocenters. The Morgan fingerprint density at radius 3 is 2.18 bits per heavy atom. The summed E-state index contributed by atoms with van der Waals surface area (Å²) in [6.07, 6.45) is 14.6. The summed E-state index contributed by atoms with van der Waals surface area (Å²) in [6.45, 7) is 5.48. The van der Waals surface area contributed by atoms with E-state index < -0.39 is 0 Å². The monoisotopic (exact) mass is 234 g/mol. The summed E-state index contributed by atoms with van der Waals surface area (Å²) in [7, 11) is 0. The van der Waals surface area contributed by atoms with Crippen LogP contribution in [0, 0.1) is 17.3 Å². The standard InChI is InChI=1S/C15H22O2/c1-3-7-16-11-15(12-17-8-4-2)10-13-5-6-14(15)9-13/h3-8,13-14H,9-12H2,1-2H3. The molecule has 0 amide bonds. The largest absolute Gasteiger partial charge is 0.501 e. The number of fused-ring (bicyclic) bond motifs is 2. The molecule has 2 aliphatic carbocycles. The molecule has 0 aromatic rings. The molecule has 1 fully saturated rings. The van der Waals surface area contributed by atoms with Gasteiger partial charge in [-0.15, -0.1) is 0 Å². The van der Waals surface area contributed by atoms with Gasteiger partial charge >= 0.3 is 0 Å². The van der Waals surface area contributed by atoms with E-state index in [4.69, 9.17) is 9.47 Å². The van der Waals surface area contributed by atoms with Crippen LogP contribution in [0.4, 0.5) is 0 Å². The molecule has 0 aliphatic heterocycles. The van der Waals surface area contributed by atoms with Crippen molar-refractivity contribution in [2.45, 2.75) is 26.7 Å². The second-order valence-electron chi connectivity index (χ2n) is 5.11. The number of hydrogen-bond donors (Lipinski definition) is 0. The van der Waals surface area contributed by atoms with E-state index in [2.05, 4.69) is 12.2 Å². The lowest BCUT2D eigenvalue weighted by molar-refractivity contribution is 0.0188. The van der Waals surface area contributed by atoms with E-state index in [-0.39, 0.29) is 5.41 Å². The van der Waals surface area contributed by atoms with Gasteiger partial charge in [-0.1, -0.05) is 24.3 Å². The zero-order chi connectivity index (χ0) is 12.1. The molecule has 0 aromatic heterocycles. The topological polar surface area (TPSA) is 18.5 Å². The summed E-state index contributed by atoms with van der Waals surface area (Å²) in [6, 6.07) is 0. The molecule has 0 aromatic carbocycles. The zero-order valence-electron chi connectivity index (χ0n) is 10.8. The first-order valence-electron chi connectivity index (χ1n) is 6.44. The lowest BCUT2D eigenvalue weighted by Crippen LogP contribution is -2.35. The molecule has 17 heavy (non-hydrogen) atoms.